The van der Waals surface area contributed by atoms with Gasteiger partial charge in [0.25, 0.3) is 5.91 Å². The van der Waals surface area contributed by atoms with Crippen molar-refractivity contribution >= 4 is 11.6 Å². The van der Waals surface area contributed by atoms with Gasteiger partial charge in [-0.15, -0.1) is 0 Å². The van der Waals surface area contributed by atoms with Gasteiger partial charge in [-0.25, -0.2) is 9.50 Å². The predicted molar refractivity (Wildman–Crippen MR) is 126 cm³/mol. The molecule has 3 aromatic carbocycles. The van der Waals surface area contributed by atoms with E-state index in [1.807, 2.05) is 97.9 Å². The summed E-state index contributed by atoms with van der Waals surface area (Å²) in [6, 6.07) is 30.1. The average Bonchev–Trinajstić information content (AvgIpc) is 3.28. The molecule has 32 heavy (non-hydrogen) atoms. The van der Waals surface area contributed by atoms with Crippen molar-refractivity contribution in [2.45, 2.75) is 13.5 Å². The highest BCUT2D eigenvalue weighted by Gasteiger charge is 2.18. The summed E-state index contributed by atoms with van der Waals surface area (Å²) in [5, 5.41) is 7.51. The predicted octanol–water partition coefficient (Wildman–Crippen LogP) is 5.30. The Balaban J connectivity index is 1.56. The van der Waals surface area contributed by atoms with Gasteiger partial charge in [0.2, 0.25) is 0 Å². The number of nitrogens with zero attached hydrogens (tertiary/aromatic N) is 3. The van der Waals surface area contributed by atoms with Crippen molar-refractivity contribution in [1.29, 1.82) is 0 Å². The van der Waals surface area contributed by atoms with Crippen molar-refractivity contribution in [2.75, 3.05) is 0 Å². The molecule has 0 spiro atoms. The SMILES string of the molecule is Cc1ccc(CNC(=O)c2cnn3c(-c4ccccc4)cc(-c4ccccc4)nc23)cc1. The van der Waals surface area contributed by atoms with Crippen molar-refractivity contribution in [2.24, 2.45) is 0 Å². The largest absolute Gasteiger partial charge is 0.348 e. The third-order valence-electron chi connectivity index (χ3n) is 5.43. The van der Waals surface area contributed by atoms with E-state index in [4.69, 9.17) is 4.98 Å². The van der Waals surface area contributed by atoms with E-state index in [1.165, 1.54) is 5.56 Å². The van der Waals surface area contributed by atoms with E-state index < -0.39 is 0 Å². The second-order valence-corrected chi connectivity index (χ2v) is 7.72. The first-order chi connectivity index (χ1) is 15.7. The first kappa shape index (κ1) is 19.7. The lowest BCUT2D eigenvalue weighted by Crippen LogP contribution is -2.22. The molecule has 1 amide bonds. The second-order valence-electron chi connectivity index (χ2n) is 7.72. The number of fused-ring (bicyclic) bond motifs is 1. The highest BCUT2D eigenvalue weighted by atomic mass is 16.1. The molecule has 2 heterocycles. The molecule has 2 aromatic heterocycles. The summed E-state index contributed by atoms with van der Waals surface area (Å²) < 4.78 is 1.74. The minimum atomic E-state index is -0.197. The molecule has 5 rings (SSSR count). The van der Waals surface area contributed by atoms with Crippen LogP contribution in [-0.2, 0) is 6.54 Å². The number of nitrogens with one attached hydrogen (secondary N) is 1. The van der Waals surface area contributed by atoms with Gasteiger partial charge in [0.05, 0.1) is 17.6 Å². The van der Waals surface area contributed by atoms with Crippen molar-refractivity contribution in [3.8, 4) is 22.5 Å². The van der Waals surface area contributed by atoms with Gasteiger partial charge >= 0.3 is 0 Å². The molecule has 5 aromatic rings. The highest BCUT2D eigenvalue weighted by molar-refractivity contribution is 6.00. The maximum absolute atomic E-state index is 13.1. The van der Waals surface area contributed by atoms with E-state index >= 15 is 0 Å². The zero-order chi connectivity index (χ0) is 21.9. The number of aromatic nitrogens is 3. The first-order valence-electron chi connectivity index (χ1n) is 10.5. The summed E-state index contributed by atoms with van der Waals surface area (Å²) >= 11 is 0. The van der Waals surface area contributed by atoms with Crippen LogP contribution in [0.15, 0.2) is 97.2 Å². The van der Waals surface area contributed by atoms with Gasteiger partial charge in [0.15, 0.2) is 5.65 Å². The molecule has 0 aliphatic carbocycles. The van der Waals surface area contributed by atoms with Crippen LogP contribution in [-0.4, -0.2) is 20.5 Å². The van der Waals surface area contributed by atoms with Crippen LogP contribution in [0.5, 0.6) is 0 Å². The molecule has 0 radical (unpaired) electrons. The maximum atomic E-state index is 13.1. The summed E-state index contributed by atoms with van der Waals surface area (Å²) in [5.41, 5.74) is 6.89. The highest BCUT2D eigenvalue weighted by Crippen LogP contribution is 2.27. The smallest absolute Gasteiger partial charge is 0.257 e. The number of amides is 1. The minimum Gasteiger partial charge on any atom is -0.348 e. The maximum Gasteiger partial charge on any atom is 0.257 e. The van der Waals surface area contributed by atoms with E-state index in [2.05, 4.69) is 10.4 Å². The lowest BCUT2D eigenvalue weighted by Gasteiger charge is -2.10. The van der Waals surface area contributed by atoms with Gasteiger partial charge in [0, 0.05) is 17.7 Å². The van der Waals surface area contributed by atoms with E-state index in [-0.39, 0.29) is 5.91 Å². The number of rotatable bonds is 5. The first-order valence-corrected chi connectivity index (χ1v) is 10.5. The fraction of sp³-hybridized carbons (Fsp3) is 0.0741. The Morgan fingerprint density at radius 2 is 1.53 bits per heavy atom. The van der Waals surface area contributed by atoms with Crippen molar-refractivity contribution < 1.29 is 4.79 Å². The van der Waals surface area contributed by atoms with E-state index in [0.29, 0.717) is 17.8 Å². The molecule has 156 valence electrons. The van der Waals surface area contributed by atoms with Crippen molar-refractivity contribution in [3.05, 3.63) is 114 Å². The van der Waals surface area contributed by atoms with Crippen LogP contribution in [0.3, 0.4) is 0 Å². The lowest BCUT2D eigenvalue weighted by molar-refractivity contribution is 0.0952. The molecule has 5 heteroatoms. The molecule has 0 aliphatic heterocycles. The van der Waals surface area contributed by atoms with E-state index in [9.17, 15) is 4.79 Å². The van der Waals surface area contributed by atoms with Crippen molar-refractivity contribution in [3.63, 3.8) is 0 Å². The van der Waals surface area contributed by atoms with Gasteiger partial charge in [0.1, 0.15) is 5.56 Å². The van der Waals surface area contributed by atoms with Gasteiger partial charge in [-0.1, -0.05) is 90.5 Å². The molecule has 0 saturated carbocycles. The third kappa shape index (κ3) is 3.88. The lowest BCUT2D eigenvalue weighted by atomic mass is 10.1. The standard InChI is InChI=1S/C27H22N4O/c1-19-12-14-20(15-13-19)17-28-27(32)23-18-29-31-25(22-10-6-3-7-11-22)16-24(30-26(23)31)21-8-4-2-5-9-21/h2-16,18H,17H2,1H3,(H,28,32). The quantitative estimate of drug-likeness (QED) is 0.421. The number of carbonyl (C=O) groups excluding carboxylic acids is 1. The van der Waals surface area contributed by atoms with Gasteiger partial charge in [-0.3, -0.25) is 4.79 Å². The Morgan fingerprint density at radius 3 is 2.22 bits per heavy atom. The zero-order valence-corrected chi connectivity index (χ0v) is 17.7. The van der Waals surface area contributed by atoms with Crippen LogP contribution in [0.4, 0.5) is 0 Å². The molecular weight excluding hydrogens is 396 g/mol. The summed E-state index contributed by atoms with van der Waals surface area (Å²) in [4.78, 5) is 17.9. The van der Waals surface area contributed by atoms with Crippen molar-refractivity contribution in [1.82, 2.24) is 19.9 Å². The molecule has 0 fully saturated rings. The Morgan fingerprint density at radius 1 is 0.875 bits per heavy atom. The number of carbonyl (C=O) groups is 1. The summed E-state index contributed by atoms with van der Waals surface area (Å²) in [5.74, 6) is -0.197. The summed E-state index contributed by atoms with van der Waals surface area (Å²) in [7, 11) is 0. The fourth-order valence-corrected chi connectivity index (χ4v) is 3.68. The normalized spacial score (nSPS) is 10.9. The molecular formula is C27H22N4O. The summed E-state index contributed by atoms with van der Waals surface area (Å²) in [6.07, 6.45) is 1.59. The van der Waals surface area contributed by atoms with Crippen LogP contribution in [0.1, 0.15) is 21.5 Å². The molecule has 0 atom stereocenters. The van der Waals surface area contributed by atoms with Crippen LogP contribution >= 0.6 is 0 Å². The van der Waals surface area contributed by atoms with Crippen LogP contribution in [0, 0.1) is 6.92 Å². The molecule has 0 bridgehead atoms. The number of aryl methyl sites for hydroxylation is 1. The topological polar surface area (TPSA) is 59.3 Å². The van der Waals surface area contributed by atoms with E-state index in [0.717, 1.165) is 28.1 Å². The van der Waals surface area contributed by atoms with Crippen LogP contribution < -0.4 is 5.32 Å². The fourth-order valence-electron chi connectivity index (χ4n) is 3.68. The molecule has 0 aliphatic rings. The molecule has 1 N–H and O–H groups in total. The van der Waals surface area contributed by atoms with E-state index in [1.54, 1.807) is 10.7 Å². The zero-order valence-electron chi connectivity index (χ0n) is 17.7. The Labute approximate surface area is 186 Å². The Kier molecular flexibility index (Phi) is 5.22. The number of benzene rings is 3. The molecule has 5 nitrogen and oxygen atoms in total. The summed E-state index contributed by atoms with van der Waals surface area (Å²) in [6.45, 7) is 2.49. The monoisotopic (exact) mass is 418 g/mol. The molecule has 0 saturated heterocycles. The third-order valence-corrected chi connectivity index (χ3v) is 5.43. The van der Waals surface area contributed by atoms with Crippen LogP contribution in [0.25, 0.3) is 28.2 Å². The van der Waals surface area contributed by atoms with Gasteiger partial charge in [-0.05, 0) is 18.6 Å². The minimum absolute atomic E-state index is 0.197. The van der Waals surface area contributed by atoms with Gasteiger partial charge < -0.3 is 5.32 Å². The molecule has 0 unspecified atom stereocenters. The number of hydrogen-bond donors (Lipinski definition) is 1. The number of hydrogen-bond acceptors (Lipinski definition) is 3. The Hall–Kier alpha value is -4.25. The van der Waals surface area contributed by atoms with Crippen LogP contribution in [0.2, 0.25) is 0 Å². The second kappa shape index (κ2) is 8.47. The van der Waals surface area contributed by atoms with Gasteiger partial charge in [-0.2, -0.15) is 5.10 Å². The Bertz CT molecular complexity index is 1370. The average molecular weight is 419 g/mol.